The predicted octanol–water partition coefficient (Wildman–Crippen LogP) is 1.56. The third-order valence-corrected chi connectivity index (χ3v) is 3.05. The highest BCUT2D eigenvalue weighted by Crippen LogP contribution is 2.22. The van der Waals surface area contributed by atoms with Crippen molar-refractivity contribution in [2.45, 2.75) is 6.42 Å². The SMILES string of the molecule is N#CCCN(c1ccccc1)N1CSC(N)=N1. The molecule has 1 aliphatic heterocycles. The minimum Gasteiger partial charge on any atom is -0.377 e. The Morgan fingerprint density at radius 3 is 2.82 bits per heavy atom. The Morgan fingerprint density at radius 2 is 2.24 bits per heavy atom. The molecule has 0 spiro atoms. The molecule has 1 aromatic rings. The lowest BCUT2D eigenvalue weighted by Crippen LogP contribution is -2.38. The Hall–Kier alpha value is -1.87. The molecular weight excluding hydrogens is 234 g/mol. The average molecular weight is 247 g/mol. The first-order valence-electron chi connectivity index (χ1n) is 5.25. The van der Waals surface area contributed by atoms with Crippen molar-refractivity contribution in [1.29, 1.82) is 5.26 Å². The molecule has 0 aromatic heterocycles. The van der Waals surface area contributed by atoms with Gasteiger partial charge in [-0.1, -0.05) is 30.0 Å². The predicted molar refractivity (Wildman–Crippen MR) is 69.9 cm³/mol. The van der Waals surface area contributed by atoms with Gasteiger partial charge in [0.25, 0.3) is 0 Å². The zero-order valence-corrected chi connectivity index (χ0v) is 10.1. The van der Waals surface area contributed by atoms with Crippen LogP contribution in [-0.2, 0) is 0 Å². The van der Waals surface area contributed by atoms with Crippen molar-refractivity contribution >= 4 is 22.6 Å². The van der Waals surface area contributed by atoms with Crippen molar-refractivity contribution in [3.8, 4) is 6.07 Å². The summed E-state index contributed by atoms with van der Waals surface area (Å²) in [6.07, 6.45) is 0.450. The quantitative estimate of drug-likeness (QED) is 0.874. The second-order valence-corrected chi connectivity index (χ2v) is 4.42. The summed E-state index contributed by atoms with van der Waals surface area (Å²) < 4.78 is 0. The van der Waals surface area contributed by atoms with Gasteiger partial charge in [0.05, 0.1) is 24.7 Å². The van der Waals surface area contributed by atoms with Gasteiger partial charge in [-0.2, -0.15) is 10.4 Å². The van der Waals surface area contributed by atoms with Gasteiger partial charge in [-0.25, -0.2) is 0 Å². The summed E-state index contributed by atoms with van der Waals surface area (Å²) in [4.78, 5) is 0. The highest BCUT2D eigenvalue weighted by Gasteiger charge is 2.19. The maximum absolute atomic E-state index is 8.70. The second kappa shape index (κ2) is 5.46. The van der Waals surface area contributed by atoms with Crippen LogP contribution in [0.3, 0.4) is 0 Å². The first-order chi connectivity index (χ1) is 8.31. The number of hydrogen-bond acceptors (Lipinski definition) is 6. The van der Waals surface area contributed by atoms with Gasteiger partial charge in [0.2, 0.25) is 0 Å². The van der Waals surface area contributed by atoms with E-state index in [1.807, 2.05) is 35.3 Å². The van der Waals surface area contributed by atoms with Crippen molar-refractivity contribution in [3.05, 3.63) is 30.3 Å². The van der Waals surface area contributed by atoms with E-state index in [-0.39, 0.29) is 0 Å². The van der Waals surface area contributed by atoms with Gasteiger partial charge in [0.1, 0.15) is 5.88 Å². The molecule has 1 aromatic carbocycles. The monoisotopic (exact) mass is 247 g/mol. The van der Waals surface area contributed by atoms with E-state index in [1.165, 1.54) is 11.8 Å². The molecule has 2 rings (SSSR count). The Balaban J connectivity index is 2.17. The number of hydrogen-bond donors (Lipinski definition) is 1. The van der Waals surface area contributed by atoms with Gasteiger partial charge < -0.3 is 5.73 Å². The lowest BCUT2D eigenvalue weighted by molar-refractivity contribution is 0.315. The second-order valence-electron chi connectivity index (χ2n) is 3.45. The van der Waals surface area contributed by atoms with E-state index >= 15 is 0 Å². The highest BCUT2D eigenvalue weighted by molar-refractivity contribution is 8.13. The molecule has 0 saturated heterocycles. The topological polar surface area (TPSA) is 68.7 Å². The number of para-hydroxylation sites is 1. The van der Waals surface area contributed by atoms with Crippen LogP contribution in [0.2, 0.25) is 0 Å². The van der Waals surface area contributed by atoms with E-state index in [9.17, 15) is 0 Å². The number of hydrazone groups is 1. The minimum atomic E-state index is 0.450. The molecule has 0 unspecified atom stereocenters. The number of nitrogens with zero attached hydrogens (tertiary/aromatic N) is 4. The van der Waals surface area contributed by atoms with E-state index in [0.717, 1.165) is 5.69 Å². The highest BCUT2D eigenvalue weighted by atomic mass is 32.2. The average Bonchev–Trinajstić information content (AvgIpc) is 2.78. The normalized spacial score (nSPS) is 14.3. The van der Waals surface area contributed by atoms with Gasteiger partial charge in [-0.3, -0.25) is 5.01 Å². The summed E-state index contributed by atoms with van der Waals surface area (Å²) >= 11 is 1.49. The molecule has 0 atom stereocenters. The van der Waals surface area contributed by atoms with Crippen molar-refractivity contribution in [1.82, 2.24) is 5.12 Å². The summed E-state index contributed by atoms with van der Waals surface area (Å²) in [5.41, 5.74) is 6.66. The van der Waals surface area contributed by atoms with E-state index in [1.54, 1.807) is 5.12 Å². The third kappa shape index (κ3) is 2.82. The van der Waals surface area contributed by atoms with E-state index in [0.29, 0.717) is 24.0 Å². The van der Waals surface area contributed by atoms with Crippen LogP contribution in [-0.4, -0.2) is 22.7 Å². The zero-order valence-electron chi connectivity index (χ0n) is 9.28. The van der Waals surface area contributed by atoms with Crippen LogP contribution in [0.5, 0.6) is 0 Å². The first kappa shape index (κ1) is 11.6. The molecule has 5 nitrogen and oxygen atoms in total. The van der Waals surface area contributed by atoms with Crippen LogP contribution in [0.15, 0.2) is 35.4 Å². The number of nitriles is 1. The number of nitrogens with two attached hydrogens (primary N) is 1. The van der Waals surface area contributed by atoms with Crippen molar-refractivity contribution in [3.63, 3.8) is 0 Å². The summed E-state index contributed by atoms with van der Waals surface area (Å²) in [6.45, 7) is 0.609. The Labute approximate surface area is 104 Å². The molecular formula is C11H13N5S. The largest absolute Gasteiger partial charge is 0.377 e. The molecule has 6 heteroatoms. The molecule has 0 radical (unpaired) electrons. The number of rotatable bonds is 4. The summed E-state index contributed by atoms with van der Waals surface area (Å²) in [7, 11) is 0. The number of amidine groups is 1. The molecule has 17 heavy (non-hydrogen) atoms. The van der Waals surface area contributed by atoms with Crippen LogP contribution in [0.25, 0.3) is 0 Å². The fraction of sp³-hybridized carbons (Fsp3) is 0.273. The number of hydrazine groups is 1. The molecule has 0 saturated carbocycles. The first-order valence-corrected chi connectivity index (χ1v) is 6.23. The number of thioether (sulfide) groups is 1. The molecule has 1 heterocycles. The summed E-state index contributed by atoms with van der Waals surface area (Å²) in [5.74, 6) is 0.687. The third-order valence-electron chi connectivity index (χ3n) is 2.31. The summed E-state index contributed by atoms with van der Waals surface area (Å²) in [5, 5.41) is 17.2. The molecule has 2 N–H and O–H groups in total. The lowest BCUT2D eigenvalue weighted by Gasteiger charge is -2.30. The Morgan fingerprint density at radius 1 is 1.47 bits per heavy atom. The minimum absolute atomic E-state index is 0.450. The molecule has 0 fully saturated rings. The van der Waals surface area contributed by atoms with E-state index in [2.05, 4.69) is 11.2 Å². The van der Waals surface area contributed by atoms with Crippen molar-refractivity contribution in [2.75, 3.05) is 17.4 Å². The van der Waals surface area contributed by atoms with Crippen molar-refractivity contribution < 1.29 is 0 Å². The molecule has 0 amide bonds. The molecule has 1 aliphatic rings. The van der Waals surface area contributed by atoms with Gasteiger partial charge in [0.15, 0.2) is 5.17 Å². The zero-order chi connectivity index (χ0) is 12.1. The van der Waals surface area contributed by atoms with Gasteiger partial charge in [0, 0.05) is 0 Å². The van der Waals surface area contributed by atoms with Crippen LogP contribution < -0.4 is 10.7 Å². The fourth-order valence-corrected chi connectivity index (χ4v) is 2.15. The molecule has 0 aliphatic carbocycles. The fourth-order valence-electron chi connectivity index (χ4n) is 1.55. The summed E-state index contributed by atoms with van der Waals surface area (Å²) in [6, 6.07) is 12.0. The lowest BCUT2D eigenvalue weighted by atomic mass is 10.3. The van der Waals surface area contributed by atoms with Crippen molar-refractivity contribution in [2.24, 2.45) is 10.8 Å². The smallest absolute Gasteiger partial charge is 0.181 e. The van der Waals surface area contributed by atoms with E-state index < -0.39 is 0 Å². The Bertz CT molecular complexity index is 439. The maximum atomic E-state index is 8.70. The van der Waals surface area contributed by atoms with Crippen LogP contribution in [0.1, 0.15) is 6.42 Å². The molecule has 88 valence electrons. The van der Waals surface area contributed by atoms with Gasteiger partial charge in [-0.15, -0.1) is 5.10 Å². The maximum Gasteiger partial charge on any atom is 0.181 e. The van der Waals surface area contributed by atoms with Crippen LogP contribution in [0.4, 0.5) is 5.69 Å². The Kier molecular flexibility index (Phi) is 3.73. The van der Waals surface area contributed by atoms with Crippen LogP contribution >= 0.6 is 11.8 Å². The van der Waals surface area contributed by atoms with Gasteiger partial charge >= 0.3 is 0 Å². The van der Waals surface area contributed by atoms with E-state index in [4.69, 9.17) is 11.0 Å². The standard InChI is InChI=1S/C11H13N5S/c12-7-4-8-15(10-5-2-1-3-6-10)16-9-17-11(13)14-16/h1-3,5-6H,4,8-9H2,(H2,13,14). The molecule has 0 bridgehead atoms. The number of anilines is 1. The van der Waals surface area contributed by atoms with Crippen LogP contribution in [0, 0.1) is 11.3 Å². The number of benzene rings is 1. The van der Waals surface area contributed by atoms with Gasteiger partial charge in [-0.05, 0) is 12.1 Å².